The maximum atomic E-state index is 11.4. The van der Waals surface area contributed by atoms with Crippen LogP contribution in [0.25, 0.3) is 39.1 Å². The second kappa shape index (κ2) is 9.48. The number of benzene rings is 1. The zero-order valence-electron chi connectivity index (χ0n) is 20.7. The number of piperidine rings is 1. The molecule has 11 heteroatoms. The predicted molar refractivity (Wildman–Crippen MR) is 138 cm³/mol. The van der Waals surface area contributed by atoms with Crippen LogP contribution in [0, 0.1) is 17.2 Å². The molecule has 1 N–H and O–H groups in total. The molecule has 6 rings (SSSR count). The number of rotatable bonds is 5. The Morgan fingerprint density at radius 1 is 1.18 bits per heavy atom. The van der Waals surface area contributed by atoms with E-state index in [9.17, 15) is 15.2 Å². The summed E-state index contributed by atoms with van der Waals surface area (Å²) in [5, 5.41) is 23.9. The average Bonchev–Trinajstić information content (AvgIpc) is 3.58. The number of fused-ring (bicyclic) bond motifs is 2. The Hall–Kier alpha value is -4.98. The van der Waals surface area contributed by atoms with Crippen molar-refractivity contribution in [1.29, 1.82) is 5.26 Å². The number of nitrogens with zero attached hydrogens (tertiary/aromatic N) is 8. The second-order valence-electron chi connectivity index (χ2n) is 9.38. The number of carboxylic acid groups (broad SMARTS) is 1. The van der Waals surface area contributed by atoms with Crippen LogP contribution in [0.2, 0.25) is 0 Å². The van der Waals surface area contributed by atoms with Crippen LogP contribution in [0.5, 0.6) is 6.01 Å². The molecule has 1 amide bonds. The molecule has 0 saturated carbocycles. The highest BCUT2D eigenvalue weighted by Gasteiger charge is 2.25. The highest BCUT2D eigenvalue weighted by Crippen LogP contribution is 2.37. The van der Waals surface area contributed by atoms with E-state index in [0.717, 1.165) is 40.6 Å². The molecule has 38 heavy (non-hydrogen) atoms. The van der Waals surface area contributed by atoms with E-state index in [0.29, 0.717) is 42.6 Å². The highest BCUT2D eigenvalue weighted by molar-refractivity contribution is 5.93. The zero-order chi connectivity index (χ0) is 26.2. The predicted octanol–water partition coefficient (Wildman–Crippen LogP) is 3.99. The summed E-state index contributed by atoms with van der Waals surface area (Å²) >= 11 is 0. The molecule has 4 aromatic heterocycles. The molecule has 190 valence electrons. The van der Waals surface area contributed by atoms with Crippen molar-refractivity contribution < 1.29 is 14.6 Å². The Kier molecular flexibility index (Phi) is 5.84. The van der Waals surface area contributed by atoms with Gasteiger partial charge >= 0.3 is 12.1 Å². The molecule has 5 heterocycles. The molecule has 0 aliphatic carbocycles. The summed E-state index contributed by atoms with van der Waals surface area (Å²) < 4.78 is 9.75. The van der Waals surface area contributed by atoms with Gasteiger partial charge in [0.25, 0.3) is 0 Å². The van der Waals surface area contributed by atoms with Gasteiger partial charge in [-0.3, -0.25) is 9.08 Å². The van der Waals surface area contributed by atoms with Crippen LogP contribution < -0.4 is 4.74 Å². The molecule has 0 spiro atoms. The van der Waals surface area contributed by atoms with Crippen LogP contribution in [-0.2, 0) is 7.05 Å². The largest absolute Gasteiger partial charge is 0.465 e. The maximum Gasteiger partial charge on any atom is 0.407 e. The first-order valence-electron chi connectivity index (χ1n) is 12.3. The van der Waals surface area contributed by atoms with Crippen molar-refractivity contribution in [2.45, 2.75) is 12.8 Å². The van der Waals surface area contributed by atoms with Crippen molar-refractivity contribution in [2.75, 3.05) is 19.7 Å². The Bertz CT molecular complexity index is 1700. The first-order chi connectivity index (χ1) is 18.5. The molecule has 1 atom stereocenters. The lowest BCUT2D eigenvalue weighted by Gasteiger charge is -2.30. The first kappa shape index (κ1) is 23.4. The van der Waals surface area contributed by atoms with Gasteiger partial charge in [0, 0.05) is 61.2 Å². The Labute approximate surface area is 217 Å². The van der Waals surface area contributed by atoms with E-state index in [4.69, 9.17) is 9.72 Å². The van der Waals surface area contributed by atoms with Gasteiger partial charge < -0.3 is 14.7 Å². The smallest absolute Gasteiger partial charge is 0.407 e. The van der Waals surface area contributed by atoms with E-state index in [-0.39, 0.29) is 5.92 Å². The lowest BCUT2D eigenvalue weighted by molar-refractivity contribution is 0.102. The third-order valence-electron chi connectivity index (χ3n) is 6.90. The molecule has 1 aliphatic rings. The standard InChI is InChI=1S/C27H24N8O3/c1-33-24-21(14-31-33)11-20(13-30-24)22-23(19-6-4-17(12-28)5-7-19)32-26(35-10-8-29-25(22)35)38-16-18-3-2-9-34(15-18)27(36)37/h4-8,10-11,13-14,18H,2-3,9,15-16H2,1H3,(H,36,37)/t18-/m1/s1. The third-order valence-corrected chi connectivity index (χ3v) is 6.90. The van der Waals surface area contributed by atoms with Crippen molar-refractivity contribution >= 4 is 22.8 Å². The van der Waals surface area contributed by atoms with Gasteiger partial charge in [-0.25, -0.2) is 14.8 Å². The number of aromatic nitrogens is 6. The second-order valence-corrected chi connectivity index (χ2v) is 9.38. The van der Waals surface area contributed by atoms with Crippen LogP contribution >= 0.6 is 0 Å². The number of amides is 1. The molecule has 0 unspecified atom stereocenters. The molecule has 1 aliphatic heterocycles. The van der Waals surface area contributed by atoms with Gasteiger partial charge in [-0.1, -0.05) is 12.1 Å². The summed E-state index contributed by atoms with van der Waals surface area (Å²) in [4.78, 5) is 27.1. The Morgan fingerprint density at radius 2 is 2.03 bits per heavy atom. The molecule has 0 bridgehead atoms. The number of ether oxygens (including phenoxy) is 1. The van der Waals surface area contributed by atoms with Crippen molar-refractivity contribution in [1.82, 2.24) is 34.0 Å². The SMILES string of the molecule is Cn1ncc2cc(-c3c(-c4ccc(C#N)cc4)nc(OC[C@@H]4CCCN(C(=O)O)C4)n4ccnc34)cnc21. The monoisotopic (exact) mass is 508 g/mol. The normalized spacial score (nSPS) is 15.6. The average molecular weight is 509 g/mol. The fourth-order valence-electron chi connectivity index (χ4n) is 4.98. The molecule has 1 saturated heterocycles. The third kappa shape index (κ3) is 4.16. The summed E-state index contributed by atoms with van der Waals surface area (Å²) in [6.45, 7) is 1.31. The van der Waals surface area contributed by atoms with Gasteiger partial charge in [0.2, 0.25) is 0 Å². The van der Waals surface area contributed by atoms with Gasteiger partial charge in [-0.2, -0.15) is 15.3 Å². The minimum absolute atomic E-state index is 0.0652. The van der Waals surface area contributed by atoms with Crippen molar-refractivity contribution in [2.24, 2.45) is 13.0 Å². The fraction of sp³-hybridized carbons (Fsp3) is 0.259. The summed E-state index contributed by atoms with van der Waals surface area (Å²) in [7, 11) is 1.85. The summed E-state index contributed by atoms with van der Waals surface area (Å²) in [5.74, 6) is 0.0652. The molecule has 1 fully saturated rings. The first-order valence-corrected chi connectivity index (χ1v) is 12.3. The number of nitriles is 1. The van der Waals surface area contributed by atoms with Crippen LogP contribution in [-0.4, -0.2) is 64.9 Å². The van der Waals surface area contributed by atoms with E-state index >= 15 is 0 Å². The lowest BCUT2D eigenvalue weighted by Crippen LogP contribution is -2.40. The Morgan fingerprint density at radius 3 is 2.82 bits per heavy atom. The number of aryl methyl sites for hydroxylation is 1. The lowest BCUT2D eigenvalue weighted by atomic mass is 9.99. The quantitative estimate of drug-likeness (QED) is 0.377. The molecule has 1 aromatic carbocycles. The van der Waals surface area contributed by atoms with E-state index in [1.165, 1.54) is 4.90 Å². The van der Waals surface area contributed by atoms with E-state index < -0.39 is 6.09 Å². The van der Waals surface area contributed by atoms with Gasteiger partial charge in [0.1, 0.15) is 0 Å². The van der Waals surface area contributed by atoms with Gasteiger partial charge in [-0.05, 0) is 31.0 Å². The number of carbonyl (C=O) groups is 1. The Balaban J connectivity index is 1.45. The zero-order valence-corrected chi connectivity index (χ0v) is 20.7. The van der Waals surface area contributed by atoms with Crippen LogP contribution in [0.4, 0.5) is 4.79 Å². The van der Waals surface area contributed by atoms with Crippen LogP contribution in [0.1, 0.15) is 18.4 Å². The van der Waals surface area contributed by atoms with E-state index in [1.54, 1.807) is 46.0 Å². The van der Waals surface area contributed by atoms with E-state index in [2.05, 4.69) is 21.1 Å². The van der Waals surface area contributed by atoms with Crippen LogP contribution in [0.3, 0.4) is 0 Å². The van der Waals surface area contributed by atoms with Gasteiger partial charge in [0.05, 0.1) is 35.7 Å². The minimum Gasteiger partial charge on any atom is -0.465 e. The van der Waals surface area contributed by atoms with Gasteiger partial charge in [0.15, 0.2) is 11.3 Å². The maximum absolute atomic E-state index is 11.4. The number of likely N-dealkylation sites (tertiary alicyclic amines) is 1. The molecule has 11 nitrogen and oxygen atoms in total. The summed E-state index contributed by atoms with van der Waals surface area (Å²) in [6, 6.07) is 11.7. The van der Waals surface area contributed by atoms with Gasteiger partial charge in [-0.15, -0.1) is 0 Å². The van der Waals surface area contributed by atoms with E-state index in [1.807, 2.05) is 25.2 Å². The van der Waals surface area contributed by atoms with Crippen LogP contribution in [0.15, 0.2) is 55.1 Å². The van der Waals surface area contributed by atoms with Crippen molar-refractivity contribution in [3.63, 3.8) is 0 Å². The fourth-order valence-corrected chi connectivity index (χ4v) is 4.98. The molecule has 0 radical (unpaired) electrons. The minimum atomic E-state index is -0.906. The van der Waals surface area contributed by atoms with Crippen molar-refractivity contribution in [3.05, 3.63) is 60.7 Å². The molecular formula is C27H24N8O3. The van der Waals surface area contributed by atoms with Crippen molar-refractivity contribution in [3.8, 4) is 34.5 Å². The number of hydrogen-bond acceptors (Lipinski definition) is 7. The topological polar surface area (TPSA) is 134 Å². The summed E-state index contributed by atoms with van der Waals surface area (Å²) in [6.07, 6.45) is 7.82. The molecular weight excluding hydrogens is 484 g/mol. The summed E-state index contributed by atoms with van der Waals surface area (Å²) in [5.41, 5.74) is 5.01. The number of pyridine rings is 1. The molecule has 5 aromatic rings. The number of imidazole rings is 1. The highest BCUT2D eigenvalue weighted by atomic mass is 16.5. The number of hydrogen-bond donors (Lipinski definition) is 1.